The third-order valence-corrected chi connectivity index (χ3v) is 5.34. The molecule has 8 heteroatoms. The van der Waals surface area contributed by atoms with Crippen LogP contribution >= 0.6 is 11.6 Å². The second-order valence-electron chi connectivity index (χ2n) is 7.01. The second-order valence-corrected chi connectivity index (χ2v) is 7.42. The zero-order valence-corrected chi connectivity index (χ0v) is 17.5. The lowest BCUT2D eigenvalue weighted by Crippen LogP contribution is -2.40. The van der Waals surface area contributed by atoms with Crippen LogP contribution in [0.4, 0.5) is 5.69 Å². The highest BCUT2D eigenvalue weighted by Gasteiger charge is 2.20. The summed E-state index contributed by atoms with van der Waals surface area (Å²) < 4.78 is 10.6. The molecular weight excluding hydrogens is 404 g/mol. The molecule has 1 amide bonds. The molecule has 2 heterocycles. The van der Waals surface area contributed by atoms with Crippen molar-refractivity contribution in [3.05, 3.63) is 64.5 Å². The van der Waals surface area contributed by atoms with Crippen LogP contribution in [0.15, 0.2) is 47.0 Å². The number of halogens is 1. The summed E-state index contributed by atoms with van der Waals surface area (Å²) in [5.41, 5.74) is 3.43. The van der Waals surface area contributed by atoms with Crippen LogP contribution in [0.3, 0.4) is 0 Å². The molecule has 0 aliphatic carbocycles. The van der Waals surface area contributed by atoms with Gasteiger partial charge in [-0.2, -0.15) is 4.98 Å². The summed E-state index contributed by atoms with van der Waals surface area (Å²) >= 11 is 6.36. The number of ether oxygens (including phenoxy) is 1. The van der Waals surface area contributed by atoms with E-state index in [0.29, 0.717) is 55.1 Å². The SMILES string of the molecule is CCc1ccc(-c2noc(CNc3ccc(C(=O)N4CCOCC4)c(Cl)c3)n2)cc1. The van der Waals surface area contributed by atoms with Crippen molar-refractivity contribution >= 4 is 23.2 Å². The number of benzene rings is 2. The molecule has 2 aromatic carbocycles. The first-order chi connectivity index (χ1) is 14.6. The van der Waals surface area contributed by atoms with Crippen molar-refractivity contribution in [2.24, 2.45) is 0 Å². The zero-order chi connectivity index (χ0) is 20.9. The number of rotatable bonds is 6. The number of carbonyl (C=O) groups excluding carboxylic acids is 1. The standard InChI is InChI=1S/C22H23ClN4O3/c1-2-15-3-5-16(6-4-15)21-25-20(30-26-21)14-24-17-7-8-18(19(23)13-17)22(28)27-9-11-29-12-10-27/h3-8,13,24H,2,9-12,14H2,1H3. The Hall–Kier alpha value is -2.90. The van der Waals surface area contributed by atoms with Crippen LogP contribution in [0.25, 0.3) is 11.4 Å². The van der Waals surface area contributed by atoms with E-state index in [1.807, 2.05) is 18.2 Å². The van der Waals surface area contributed by atoms with E-state index < -0.39 is 0 Å². The van der Waals surface area contributed by atoms with Gasteiger partial charge in [-0.25, -0.2) is 0 Å². The average Bonchev–Trinajstić information content (AvgIpc) is 3.27. The molecule has 1 aromatic heterocycles. The summed E-state index contributed by atoms with van der Waals surface area (Å²) in [7, 11) is 0. The quantitative estimate of drug-likeness (QED) is 0.640. The highest BCUT2D eigenvalue weighted by Crippen LogP contribution is 2.24. The van der Waals surface area contributed by atoms with Crippen molar-refractivity contribution in [2.45, 2.75) is 19.9 Å². The molecule has 7 nitrogen and oxygen atoms in total. The molecule has 1 fully saturated rings. The van der Waals surface area contributed by atoms with Gasteiger partial charge in [-0.3, -0.25) is 4.79 Å². The Kier molecular flexibility index (Phi) is 6.30. The minimum absolute atomic E-state index is 0.0783. The summed E-state index contributed by atoms with van der Waals surface area (Å²) in [4.78, 5) is 18.8. The van der Waals surface area contributed by atoms with Crippen LogP contribution in [0.2, 0.25) is 5.02 Å². The summed E-state index contributed by atoms with van der Waals surface area (Å²) in [6, 6.07) is 13.4. The highest BCUT2D eigenvalue weighted by atomic mass is 35.5. The third kappa shape index (κ3) is 4.63. The number of anilines is 1. The predicted molar refractivity (Wildman–Crippen MR) is 115 cm³/mol. The maximum Gasteiger partial charge on any atom is 0.255 e. The Labute approximate surface area is 180 Å². The smallest absolute Gasteiger partial charge is 0.255 e. The molecule has 0 atom stereocenters. The molecule has 0 radical (unpaired) electrons. The first-order valence-corrected chi connectivity index (χ1v) is 10.3. The summed E-state index contributed by atoms with van der Waals surface area (Å²) in [5, 5.41) is 7.65. The van der Waals surface area contributed by atoms with Gasteiger partial charge in [0.1, 0.15) is 0 Å². The third-order valence-electron chi connectivity index (χ3n) is 5.03. The maximum absolute atomic E-state index is 12.6. The molecule has 0 spiro atoms. The zero-order valence-electron chi connectivity index (χ0n) is 16.7. The van der Waals surface area contributed by atoms with E-state index in [0.717, 1.165) is 17.7 Å². The Bertz CT molecular complexity index is 1010. The van der Waals surface area contributed by atoms with Gasteiger partial charge in [0.25, 0.3) is 5.91 Å². The van der Waals surface area contributed by atoms with Gasteiger partial charge < -0.3 is 19.5 Å². The molecule has 1 saturated heterocycles. The largest absolute Gasteiger partial charge is 0.378 e. The van der Waals surface area contributed by atoms with Crippen LogP contribution in [0.1, 0.15) is 28.7 Å². The van der Waals surface area contributed by atoms with Gasteiger partial charge in [0.2, 0.25) is 11.7 Å². The van der Waals surface area contributed by atoms with Gasteiger partial charge in [-0.05, 0) is 30.2 Å². The minimum Gasteiger partial charge on any atom is -0.378 e. The number of aromatic nitrogens is 2. The van der Waals surface area contributed by atoms with E-state index in [-0.39, 0.29) is 5.91 Å². The van der Waals surface area contributed by atoms with E-state index in [2.05, 4.69) is 34.5 Å². The van der Waals surface area contributed by atoms with Crippen LogP contribution in [0.5, 0.6) is 0 Å². The molecule has 0 saturated carbocycles. The number of nitrogens with zero attached hydrogens (tertiary/aromatic N) is 3. The topological polar surface area (TPSA) is 80.5 Å². The summed E-state index contributed by atoms with van der Waals surface area (Å²) in [6.45, 7) is 4.74. The summed E-state index contributed by atoms with van der Waals surface area (Å²) in [6.07, 6.45) is 0.987. The van der Waals surface area contributed by atoms with Crippen molar-refractivity contribution < 1.29 is 14.1 Å². The number of aryl methyl sites for hydroxylation is 1. The number of hydrogen-bond donors (Lipinski definition) is 1. The van der Waals surface area contributed by atoms with Gasteiger partial charge in [-0.15, -0.1) is 0 Å². The average molecular weight is 427 g/mol. The number of morpholine rings is 1. The Morgan fingerprint density at radius 1 is 1.17 bits per heavy atom. The van der Waals surface area contributed by atoms with Crippen LogP contribution in [-0.2, 0) is 17.7 Å². The number of amides is 1. The molecule has 3 aromatic rings. The van der Waals surface area contributed by atoms with Crippen molar-refractivity contribution in [1.82, 2.24) is 15.0 Å². The first-order valence-electron chi connectivity index (χ1n) is 9.96. The fraction of sp³-hybridized carbons (Fsp3) is 0.318. The fourth-order valence-electron chi connectivity index (χ4n) is 3.25. The van der Waals surface area contributed by atoms with Crippen molar-refractivity contribution in [3.63, 3.8) is 0 Å². The van der Waals surface area contributed by atoms with Gasteiger partial charge in [0.15, 0.2) is 0 Å². The van der Waals surface area contributed by atoms with Gasteiger partial charge in [0.05, 0.1) is 30.3 Å². The fourth-order valence-corrected chi connectivity index (χ4v) is 3.51. The summed E-state index contributed by atoms with van der Waals surface area (Å²) in [5.74, 6) is 0.943. The van der Waals surface area contributed by atoms with E-state index in [9.17, 15) is 4.79 Å². The monoisotopic (exact) mass is 426 g/mol. The molecule has 0 bridgehead atoms. The molecule has 1 aliphatic heterocycles. The van der Waals surface area contributed by atoms with Crippen molar-refractivity contribution in [2.75, 3.05) is 31.6 Å². The number of carbonyl (C=O) groups is 1. The molecule has 1 N–H and O–H groups in total. The highest BCUT2D eigenvalue weighted by molar-refractivity contribution is 6.34. The normalized spacial score (nSPS) is 14.0. The van der Waals surface area contributed by atoms with Gasteiger partial charge in [0, 0.05) is 24.3 Å². The minimum atomic E-state index is -0.0783. The second kappa shape index (κ2) is 9.28. The van der Waals surface area contributed by atoms with Crippen LogP contribution in [-0.4, -0.2) is 47.3 Å². The van der Waals surface area contributed by atoms with Crippen LogP contribution in [0, 0.1) is 0 Å². The van der Waals surface area contributed by atoms with Gasteiger partial charge in [-0.1, -0.05) is 47.9 Å². The number of nitrogens with one attached hydrogen (secondary N) is 1. The van der Waals surface area contributed by atoms with Crippen molar-refractivity contribution in [1.29, 1.82) is 0 Å². The lowest BCUT2D eigenvalue weighted by Gasteiger charge is -2.27. The Balaban J connectivity index is 1.38. The molecule has 4 rings (SSSR count). The Morgan fingerprint density at radius 3 is 2.63 bits per heavy atom. The predicted octanol–water partition coefficient (Wildman–Crippen LogP) is 4.04. The Morgan fingerprint density at radius 2 is 1.93 bits per heavy atom. The molecule has 1 aliphatic rings. The van der Waals surface area contributed by atoms with Crippen LogP contribution < -0.4 is 5.32 Å². The van der Waals surface area contributed by atoms with Gasteiger partial charge >= 0.3 is 0 Å². The van der Waals surface area contributed by atoms with Crippen molar-refractivity contribution in [3.8, 4) is 11.4 Å². The van der Waals surface area contributed by atoms with E-state index in [4.69, 9.17) is 20.9 Å². The van der Waals surface area contributed by atoms with E-state index >= 15 is 0 Å². The molecular formula is C22H23ClN4O3. The lowest BCUT2D eigenvalue weighted by atomic mass is 10.1. The van der Waals surface area contributed by atoms with E-state index in [1.165, 1.54) is 5.56 Å². The maximum atomic E-state index is 12.6. The molecule has 30 heavy (non-hydrogen) atoms. The number of hydrogen-bond acceptors (Lipinski definition) is 6. The lowest BCUT2D eigenvalue weighted by molar-refractivity contribution is 0.0303. The first kappa shape index (κ1) is 20.4. The molecule has 0 unspecified atom stereocenters. The molecule has 156 valence electrons. The van der Waals surface area contributed by atoms with E-state index in [1.54, 1.807) is 17.0 Å².